The quantitative estimate of drug-likeness (QED) is 0.841. The lowest BCUT2D eigenvalue weighted by Gasteiger charge is -2.09. The molecular weight excluding hydrogens is 216 g/mol. The van der Waals surface area contributed by atoms with E-state index in [4.69, 9.17) is 10.8 Å². The van der Waals surface area contributed by atoms with Crippen molar-refractivity contribution in [1.29, 1.82) is 0 Å². The van der Waals surface area contributed by atoms with Crippen molar-refractivity contribution in [2.24, 2.45) is 0 Å². The molecule has 0 fully saturated rings. The van der Waals surface area contributed by atoms with Crippen molar-refractivity contribution < 1.29 is 9.90 Å². The number of nitrogen functional groups attached to an aromatic ring is 1. The second-order valence-corrected chi connectivity index (χ2v) is 3.69. The number of aromatic nitrogens is 1. The minimum absolute atomic E-state index is 0.0986. The average Bonchev–Trinajstić information content (AvgIpc) is 2.32. The summed E-state index contributed by atoms with van der Waals surface area (Å²) in [6, 6.07) is 9.50. The van der Waals surface area contributed by atoms with Crippen LogP contribution in [0.15, 0.2) is 42.7 Å². The fraction of sp³-hybridized carbons (Fsp3) is 0.0769. The van der Waals surface area contributed by atoms with E-state index in [0.29, 0.717) is 11.3 Å². The highest BCUT2D eigenvalue weighted by Crippen LogP contribution is 2.26. The smallest absolute Gasteiger partial charge is 0.307 e. The largest absolute Gasteiger partial charge is 0.481 e. The minimum atomic E-state index is -0.903. The number of hydrogen-bond donors (Lipinski definition) is 2. The van der Waals surface area contributed by atoms with Crippen LogP contribution in [0.1, 0.15) is 5.56 Å². The Morgan fingerprint density at radius 3 is 2.59 bits per heavy atom. The summed E-state index contributed by atoms with van der Waals surface area (Å²) >= 11 is 0. The summed E-state index contributed by atoms with van der Waals surface area (Å²) in [5.41, 5.74) is 8.49. The van der Waals surface area contributed by atoms with Crippen LogP contribution >= 0.6 is 0 Å². The first-order valence-corrected chi connectivity index (χ1v) is 5.18. The second-order valence-electron chi connectivity index (χ2n) is 3.69. The van der Waals surface area contributed by atoms with Crippen LogP contribution in [0, 0.1) is 0 Å². The van der Waals surface area contributed by atoms with Gasteiger partial charge in [0, 0.05) is 11.8 Å². The molecule has 0 spiro atoms. The van der Waals surface area contributed by atoms with Gasteiger partial charge in [-0.05, 0) is 11.1 Å². The van der Waals surface area contributed by atoms with Gasteiger partial charge in [0.25, 0.3) is 0 Å². The number of anilines is 1. The van der Waals surface area contributed by atoms with E-state index >= 15 is 0 Å². The molecule has 0 aliphatic rings. The Bertz CT molecular complexity index is 538. The summed E-state index contributed by atoms with van der Waals surface area (Å²) < 4.78 is 0. The Hall–Kier alpha value is -2.36. The zero-order valence-electron chi connectivity index (χ0n) is 9.13. The lowest BCUT2D eigenvalue weighted by molar-refractivity contribution is -0.136. The van der Waals surface area contributed by atoms with Gasteiger partial charge in [0.2, 0.25) is 0 Å². The van der Waals surface area contributed by atoms with Crippen molar-refractivity contribution in [3.63, 3.8) is 0 Å². The normalized spacial score (nSPS) is 10.1. The molecule has 17 heavy (non-hydrogen) atoms. The molecule has 0 aliphatic carbocycles. The number of carbonyl (C=O) groups is 1. The van der Waals surface area contributed by atoms with Gasteiger partial charge in [0.05, 0.1) is 18.3 Å². The van der Waals surface area contributed by atoms with Gasteiger partial charge in [0.15, 0.2) is 0 Å². The minimum Gasteiger partial charge on any atom is -0.481 e. The van der Waals surface area contributed by atoms with Crippen molar-refractivity contribution in [2.75, 3.05) is 5.73 Å². The van der Waals surface area contributed by atoms with Crippen molar-refractivity contribution >= 4 is 11.7 Å². The maximum absolute atomic E-state index is 10.8. The van der Waals surface area contributed by atoms with Crippen molar-refractivity contribution in [1.82, 2.24) is 4.98 Å². The predicted molar refractivity (Wildman–Crippen MR) is 65.4 cm³/mol. The highest BCUT2D eigenvalue weighted by Gasteiger charge is 2.12. The Morgan fingerprint density at radius 2 is 1.94 bits per heavy atom. The topological polar surface area (TPSA) is 76.2 Å². The van der Waals surface area contributed by atoms with Crippen molar-refractivity contribution in [2.45, 2.75) is 6.42 Å². The summed E-state index contributed by atoms with van der Waals surface area (Å²) in [6.07, 6.45) is 3.02. The molecule has 1 aromatic heterocycles. The number of rotatable bonds is 3. The number of nitrogens with zero attached hydrogens (tertiary/aromatic N) is 1. The van der Waals surface area contributed by atoms with Gasteiger partial charge in [-0.25, -0.2) is 0 Å². The van der Waals surface area contributed by atoms with Gasteiger partial charge in [-0.2, -0.15) is 0 Å². The Morgan fingerprint density at radius 1 is 1.24 bits per heavy atom. The van der Waals surface area contributed by atoms with E-state index in [1.165, 1.54) is 6.20 Å². The maximum atomic E-state index is 10.8. The van der Waals surface area contributed by atoms with E-state index in [2.05, 4.69) is 4.98 Å². The molecule has 0 aliphatic heterocycles. The summed E-state index contributed by atoms with van der Waals surface area (Å²) in [5.74, 6) is -0.903. The Balaban J connectivity index is 2.54. The first kappa shape index (κ1) is 11.1. The van der Waals surface area contributed by atoms with E-state index in [-0.39, 0.29) is 6.42 Å². The van der Waals surface area contributed by atoms with Crippen LogP contribution in [0.25, 0.3) is 11.1 Å². The second kappa shape index (κ2) is 4.65. The van der Waals surface area contributed by atoms with E-state index < -0.39 is 5.97 Å². The third-order valence-corrected chi connectivity index (χ3v) is 2.50. The molecule has 0 atom stereocenters. The first-order chi connectivity index (χ1) is 8.18. The summed E-state index contributed by atoms with van der Waals surface area (Å²) in [4.78, 5) is 14.8. The van der Waals surface area contributed by atoms with Crippen LogP contribution in [-0.4, -0.2) is 16.1 Å². The molecular formula is C13H12N2O2. The lowest BCUT2D eigenvalue weighted by atomic mass is 9.99. The maximum Gasteiger partial charge on any atom is 0.307 e. The molecule has 1 heterocycles. The number of nitrogens with two attached hydrogens (primary N) is 1. The van der Waals surface area contributed by atoms with Gasteiger partial charge in [0.1, 0.15) is 0 Å². The Labute approximate surface area is 98.7 Å². The van der Waals surface area contributed by atoms with Crippen LogP contribution in [0.2, 0.25) is 0 Å². The lowest BCUT2D eigenvalue weighted by Crippen LogP contribution is -2.06. The molecule has 4 heteroatoms. The fourth-order valence-corrected chi connectivity index (χ4v) is 1.72. The number of aliphatic carboxylic acids is 1. The number of hydrogen-bond acceptors (Lipinski definition) is 3. The van der Waals surface area contributed by atoms with Gasteiger partial charge in [-0.1, -0.05) is 30.3 Å². The van der Waals surface area contributed by atoms with Gasteiger partial charge in [-0.15, -0.1) is 0 Å². The summed E-state index contributed by atoms with van der Waals surface area (Å²) in [5, 5.41) is 8.89. The van der Waals surface area contributed by atoms with E-state index in [1.54, 1.807) is 6.20 Å². The fourth-order valence-electron chi connectivity index (χ4n) is 1.72. The molecule has 2 rings (SSSR count). The predicted octanol–water partition coefficient (Wildman–Crippen LogP) is 1.96. The van der Waals surface area contributed by atoms with Crippen LogP contribution in [-0.2, 0) is 11.2 Å². The molecule has 0 saturated carbocycles. The van der Waals surface area contributed by atoms with Crippen molar-refractivity contribution in [3.8, 4) is 11.1 Å². The number of benzene rings is 1. The molecule has 86 valence electrons. The van der Waals surface area contributed by atoms with Crippen LogP contribution in [0.5, 0.6) is 0 Å². The van der Waals surface area contributed by atoms with E-state index in [1.807, 2.05) is 30.3 Å². The SMILES string of the molecule is Nc1cncc(-c2ccccc2)c1CC(=O)O. The Kier molecular flexibility index (Phi) is 3.05. The van der Waals surface area contributed by atoms with Gasteiger partial charge >= 0.3 is 5.97 Å². The van der Waals surface area contributed by atoms with Crippen LogP contribution in [0.3, 0.4) is 0 Å². The molecule has 3 N–H and O–H groups in total. The molecule has 1 aromatic carbocycles. The summed E-state index contributed by atoms with van der Waals surface area (Å²) in [7, 11) is 0. The molecule has 0 bridgehead atoms. The van der Waals surface area contributed by atoms with E-state index in [0.717, 1.165) is 11.1 Å². The van der Waals surface area contributed by atoms with Crippen molar-refractivity contribution in [3.05, 3.63) is 48.3 Å². The van der Waals surface area contributed by atoms with Crippen LogP contribution in [0.4, 0.5) is 5.69 Å². The first-order valence-electron chi connectivity index (χ1n) is 5.18. The molecule has 0 radical (unpaired) electrons. The third-order valence-electron chi connectivity index (χ3n) is 2.50. The standard InChI is InChI=1S/C13H12N2O2/c14-12-8-15-7-11(10(12)6-13(16)17)9-4-2-1-3-5-9/h1-5,7-8H,6,14H2,(H,16,17). The molecule has 0 saturated heterocycles. The zero-order valence-corrected chi connectivity index (χ0v) is 9.13. The summed E-state index contributed by atoms with van der Waals surface area (Å²) in [6.45, 7) is 0. The monoisotopic (exact) mass is 228 g/mol. The molecule has 4 nitrogen and oxygen atoms in total. The highest BCUT2D eigenvalue weighted by molar-refractivity contribution is 5.80. The van der Waals surface area contributed by atoms with Gasteiger partial charge < -0.3 is 10.8 Å². The van der Waals surface area contributed by atoms with Crippen LogP contribution < -0.4 is 5.73 Å². The average molecular weight is 228 g/mol. The zero-order chi connectivity index (χ0) is 12.3. The molecule has 0 amide bonds. The highest BCUT2D eigenvalue weighted by atomic mass is 16.4. The number of carboxylic acid groups (broad SMARTS) is 1. The van der Waals surface area contributed by atoms with Gasteiger partial charge in [-0.3, -0.25) is 9.78 Å². The van der Waals surface area contributed by atoms with E-state index in [9.17, 15) is 4.79 Å². The molecule has 2 aromatic rings. The number of pyridine rings is 1. The number of carboxylic acids is 1. The third kappa shape index (κ3) is 2.42. The molecule has 0 unspecified atom stereocenters.